The number of hydrogen-bond acceptors (Lipinski definition) is 4. The lowest BCUT2D eigenvalue weighted by Gasteiger charge is -2.17. The van der Waals surface area contributed by atoms with Crippen LogP contribution in [0.5, 0.6) is 0 Å². The molecule has 0 saturated carbocycles. The molecule has 0 fully saturated rings. The van der Waals surface area contributed by atoms with Gasteiger partial charge in [-0.25, -0.2) is 18.1 Å². The van der Waals surface area contributed by atoms with Crippen LogP contribution in [0, 0.1) is 0 Å². The van der Waals surface area contributed by atoms with Crippen molar-refractivity contribution >= 4 is 15.7 Å². The van der Waals surface area contributed by atoms with Crippen LogP contribution in [0.1, 0.15) is 20.3 Å². The zero-order valence-corrected chi connectivity index (χ0v) is 14.1. The predicted octanol–water partition coefficient (Wildman–Crippen LogP) is 2.21. The Morgan fingerprint density at radius 2 is 2.09 bits per heavy atom. The molecule has 1 atom stereocenters. The molecule has 7 heteroatoms. The number of rotatable bonds is 6. The van der Waals surface area contributed by atoms with E-state index >= 15 is 0 Å². The summed E-state index contributed by atoms with van der Waals surface area (Å²) < 4.78 is 28.2. The van der Waals surface area contributed by atoms with Gasteiger partial charge in [0.2, 0.25) is 10.0 Å². The second-order valence-electron chi connectivity index (χ2n) is 5.29. The fourth-order valence-corrected chi connectivity index (χ4v) is 2.82. The van der Waals surface area contributed by atoms with E-state index in [9.17, 15) is 8.42 Å². The molecule has 2 rings (SSSR count). The first kappa shape index (κ1) is 16.5. The molecule has 0 aliphatic rings. The third kappa shape index (κ3) is 3.48. The van der Waals surface area contributed by atoms with Gasteiger partial charge in [-0.1, -0.05) is 6.92 Å². The van der Waals surface area contributed by atoms with Gasteiger partial charge in [-0.05, 0) is 38.6 Å². The SMILES string of the molecule is CC[C@@H](C)Nc1ccc(S(=O)(=O)NC)cc1-c1cn(C)cn1. The highest BCUT2D eigenvalue weighted by molar-refractivity contribution is 7.89. The number of aromatic nitrogens is 2. The Bertz CT molecular complexity index is 753. The molecule has 1 heterocycles. The molecule has 0 aliphatic carbocycles. The summed E-state index contributed by atoms with van der Waals surface area (Å²) in [4.78, 5) is 4.56. The summed E-state index contributed by atoms with van der Waals surface area (Å²) in [5.74, 6) is 0. The molecule has 22 heavy (non-hydrogen) atoms. The number of hydrogen-bond donors (Lipinski definition) is 2. The molecule has 120 valence electrons. The van der Waals surface area contributed by atoms with Crippen LogP contribution >= 0.6 is 0 Å². The van der Waals surface area contributed by atoms with E-state index in [0.29, 0.717) is 0 Å². The number of imidazole rings is 1. The Morgan fingerprint density at radius 3 is 2.64 bits per heavy atom. The number of anilines is 1. The van der Waals surface area contributed by atoms with Crippen molar-refractivity contribution in [3.05, 3.63) is 30.7 Å². The number of aryl methyl sites for hydroxylation is 1. The van der Waals surface area contributed by atoms with Crippen LogP contribution in [-0.4, -0.2) is 31.1 Å². The molecule has 1 aromatic heterocycles. The number of nitrogens with zero attached hydrogens (tertiary/aromatic N) is 2. The molecule has 0 radical (unpaired) electrons. The Balaban J connectivity index is 2.55. The van der Waals surface area contributed by atoms with Crippen molar-refractivity contribution in [3.63, 3.8) is 0 Å². The van der Waals surface area contributed by atoms with Crippen LogP contribution in [0.2, 0.25) is 0 Å². The largest absolute Gasteiger partial charge is 0.382 e. The van der Waals surface area contributed by atoms with Gasteiger partial charge in [0.05, 0.1) is 16.9 Å². The maximum absolute atomic E-state index is 12.0. The zero-order valence-electron chi connectivity index (χ0n) is 13.3. The van der Waals surface area contributed by atoms with Crippen molar-refractivity contribution in [3.8, 4) is 11.3 Å². The van der Waals surface area contributed by atoms with Crippen molar-refractivity contribution in [2.45, 2.75) is 31.2 Å². The molecule has 1 aromatic carbocycles. The van der Waals surface area contributed by atoms with Gasteiger partial charge in [0.25, 0.3) is 0 Å². The minimum Gasteiger partial charge on any atom is -0.382 e. The van der Waals surface area contributed by atoms with E-state index in [1.165, 1.54) is 7.05 Å². The van der Waals surface area contributed by atoms with Crippen molar-refractivity contribution < 1.29 is 8.42 Å². The normalized spacial score (nSPS) is 13.1. The van der Waals surface area contributed by atoms with E-state index in [4.69, 9.17) is 0 Å². The highest BCUT2D eigenvalue weighted by atomic mass is 32.2. The third-order valence-corrected chi connectivity index (χ3v) is 4.98. The molecule has 0 saturated heterocycles. The fraction of sp³-hybridized carbons (Fsp3) is 0.400. The number of benzene rings is 1. The molecular formula is C15H22N4O2S. The summed E-state index contributed by atoms with van der Waals surface area (Å²) in [6, 6.07) is 5.33. The van der Waals surface area contributed by atoms with Gasteiger partial charge < -0.3 is 9.88 Å². The first-order chi connectivity index (χ1) is 10.4. The van der Waals surface area contributed by atoms with Crippen LogP contribution in [-0.2, 0) is 17.1 Å². The van der Waals surface area contributed by atoms with Gasteiger partial charge >= 0.3 is 0 Å². The zero-order chi connectivity index (χ0) is 16.3. The van der Waals surface area contributed by atoms with Crippen molar-refractivity contribution in [1.82, 2.24) is 14.3 Å². The van der Waals surface area contributed by atoms with E-state index in [0.717, 1.165) is 23.4 Å². The maximum Gasteiger partial charge on any atom is 0.240 e. The standard InChI is InChI=1S/C15H22N4O2S/c1-5-11(2)18-14-7-6-12(22(20,21)16-3)8-13(14)15-9-19(4)10-17-15/h6-11,16,18H,5H2,1-4H3/t11-/m1/s1. The van der Waals surface area contributed by atoms with E-state index < -0.39 is 10.0 Å². The van der Waals surface area contributed by atoms with Crippen molar-refractivity contribution in [2.24, 2.45) is 7.05 Å². The summed E-state index contributed by atoms with van der Waals surface area (Å²) in [7, 11) is -0.200. The second kappa shape index (κ2) is 6.50. The summed E-state index contributed by atoms with van der Waals surface area (Å²) >= 11 is 0. The molecule has 0 aliphatic heterocycles. The first-order valence-electron chi connectivity index (χ1n) is 7.20. The van der Waals surface area contributed by atoms with E-state index in [2.05, 4.69) is 28.9 Å². The fourth-order valence-electron chi connectivity index (χ4n) is 2.07. The lowest BCUT2D eigenvalue weighted by atomic mass is 10.1. The topological polar surface area (TPSA) is 76.0 Å². The summed E-state index contributed by atoms with van der Waals surface area (Å²) in [5.41, 5.74) is 2.39. The lowest BCUT2D eigenvalue weighted by molar-refractivity contribution is 0.588. The molecule has 0 unspecified atom stereocenters. The lowest BCUT2D eigenvalue weighted by Crippen LogP contribution is -2.19. The Hall–Kier alpha value is -1.86. The number of sulfonamides is 1. The molecular weight excluding hydrogens is 300 g/mol. The summed E-state index contributed by atoms with van der Waals surface area (Å²) in [5, 5.41) is 3.40. The molecule has 2 N–H and O–H groups in total. The van der Waals surface area contributed by atoms with E-state index in [1.54, 1.807) is 24.5 Å². The van der Waals surface area contributed by atoms with E-state index in [1.807, 2.05) is 17.8 Å². The Labute approximate surface area is 131 Å². The molecule has 6 nitrogen and oxygen atoms in total. The highest BCUT2D eigenvalue weighted by Gasteiger charge is 2.16. The maximum atomic E-state index is 12.0. The summed E-state index contributed by atoms with van der Waals surface area (Å²) in [6.07, 6.45) is 4.53. The van der Waals surface area contributed by atoms with Crippen molar-refractivity contribution in [2.75, 3.05) is 12.4 Å². The monoisotopic (exact) mass is 322 g/mol. The average molecular weight is 322 g/mol. The summed E-state index contributed by atoms with van der Waals surface area (Å²) in [6.45, 7) is 4.18. The van der Waals surface area contributed by atoms with Gasteiger partial charge in [0.1, 0.15) is 0 Å². The van der Waals surface area contributed by atoms with Crippen molar-refractivity contribution in [1.29, 1.82) is 0 Å². The molecule has 0 amide bonds. The van der Waals surface area contributed by atoms with Crippen LogP contribution in [0.15, 0.2) is 35.6 Å². The highest BCUT2D eigenvalue weighted by Crippen LogP contribution is 2.30. The van der Waals surface area contributed by atoms with Crippen LogP contribution in [0.3, 0.4) is 0 Å². The minimum absolute atomic E-state index is 0.227. The molecule has 0 bridgehead atoms. The quantitative estimate of drug-likeness (QED) is 0.855. The van der Waals surface area contributed by atoms with Gasteiger partial charge in [0, 0.05) is 30.5 Å². The van der Waals surface area contributed by atoms with Crippen LogP contribution in [0.4, 0.5) is 5.69 Å². The Morgan fingerprint density at radius 1 is 1.36 bits per heavy atom. The predicted molar refractivity (Wildman–Crippen MR) is 88.3 cm³/mol. The van der Waals surface area contributed by atoms with Crippen LogP contribution < -0.4 is 10.0 Å². The first-order valence-corrected chi connectivity index (χ1v) is 8.68. The third-order valence-electron chi connectivity index (χ3n) is 3.57. The Kier molecular flexibility index (Phi) is 4.87. The van der Waals surface area contributed by atoms with Crippen LogP contribution in [0.25, 0.3) is 11.3 Å². The van der Waals surface area contributed by atoms with Gasteiger partial charge in [-0.15, -0.1) is 0 Å². The average Bonchev–Trinajstić information content (AvgIpc) is 2.93. The van der Waals surface area contributed by atoms with Gasteiger partial charge in [-0.2, -0.15) is 0 Å². The van der Waals surface area contributed by atoms with E-state index in [-0.39, 0.29) is 10.9 Å². The molecule has 2 aromatic rings. The molecule has 0 spiro atoms. The second-order valence-corrected chi connectivity index (χ2v) is 7.18. The minimum atomic E-state index is -3.49. The number of nitrogens with one attached hydrogen (secondary N) is 2. The van der Waals surface area contributed by atoms with Gasteiger partial charge in [0.15, 0.2) is 0 Å². The van der Waals surface area contributed by atoms with Gasteiger partial charge in [-0.3, -0.25) is 0 Å². The smallest absolute Gasteiger partial charge is 0.240 e.